The first-order chi connectivity index (χ1) is 15.2. The summed E-state index contributed by atoms with van der Waals surface area (Å²) in [6.07, 6.45) is 0.136. The SMILES string of the molecule is NC(=O)N1CCC(N2CCN(C(=O)[CH]Cc3cc(C(F)(F)F)c4[nH]ncc4c3)CC2)CC1. The van der Waals surface area contributed by atoms with Gasteiger partial charge in [-0.25, -0.2) is 4.79 Å². The average molecular weight is 451 g/mol. The number of aromatic nitrogens is 2. The van der Waals surface area contributed by atoms with E-state index < -0.39 is 11.7 Å². The predicted octanol–water partition coefficient (Wildman–Crippen LogP) is 2.02. The van der Waals surface area contributed by atoms with E-state index in [0.717, 1.165) is 32.0 Å². The number of primary amides is 1. The van der Waals surface area contributed by atoms with Gasteiger partial charge in [0, 0.05) is 50.7 Å². The number of amides is 3. The van der Waals surface area contributed by atoms with Crippen molar-refractivity contribution in [2.75, 3.05) is 39.3 Å². The maximum Gasteiger partial charge on any atom is 0.418 e. The highest BCUT2D eigenvalue weighted by Crippen LogP contribution is 2.35. The van der Waals surface area contributed by atoms with Gasteiger partial charge >= 0.3 is 12.2 Å². The lowest BCUT2D eigenvalue weighted by Gasteiger charge is -2.42. The number of likely N-dealkylation sites (tertiary alicyclic amines) is 1. The van der Waals surface area contributed by atoms with E-state index in [1.807, 2.05) is 0 Å². The minimum absolute atomic E-state index is 0.0506. The van der Waals surface area contributed by atoms with Crippen molar-refractivity contribution in [2.24, 2.45) is 5.73 Å². The summed E-state index contributed by atoms with van der Waals surface area (Å²) < 4.78 is 40.1. The summed E-state index contributed by atoms with van der Waals surface area (Å²) >= 11 is 0. The van der Waals surface area contributed by atoms with E-state index in [1.54, 1.807) is 15.9 Å². The van der Waals surface area contributed by atoms with E-state index in [4.69, 9.17) is 5.73 Å². The zero-order valence-corrected chi connectivity index (χ0v) is 17.6. The highest BCUT2D eigenvalue weighted by atomic mass is 19.4. The van der Waals surface area contributed by atoms with Crippen molar-refractivity contribution < 1.29 is 22.8 Å². The Hall–Kier alpha value is -2.82. The number of nitrogens with one attached hydrogen (secondary N) is 1. The van der Waals surface area contributed by atoms with Gasteiger partial charge in [0.1, 0.15) is 0 Å². The van der Waals surface area contributed by atoms with Gasteiger partial charge in [0.2, 0.25) is 5.91 Å². The monoisotopic (exact) mass is 451 g/mol. The molecule has 2 aromatic rings. The van der Waals surface area contributed by atoms with Crippen molar-refractivity contribution >= 4 is 22.8 Å². The fraction of sp³-hybridized carbons (Fsp3) is 0.524. The Bertz CT molecular complexity index is 976. The van der Waals surface area contributed by atoms with Crippen LogP contribution in [-0.4, -0.2) is 82.1 Å². The molecule has 0 aliphatic carbocycles. The summed E-state index contributed by atoms with van der Waals surface area (Å²) in [6, 6.07) is 2.67. The summed E-state index contributed by atoms with van der Waals surface area (Å²) in [6.45, 7) is 3.90. The van der Waals surface area contributed by atoms with E-state index in [-0.39, 0.29) is 23.9 Å². The fourth-order valence-electron chi connectivity index (χ4n) is 4.55. The Kier molecular flexibility index (Phi) is 6.27. The van der Waals surface area contributed by atoms with Gasteiger partial charge in [-0.05, 0) is 37.0 Å². The standard InChI is InChI=1S/C21H26F3N6O2/c22-21(23,24)17-12-14(11-15-13-26-27-19(15)17)1-2-18(31)29-9-7-28(8-10-29)16-3-5-30(6-4-16)20(25)32/h2,11-13,16H,1,3-10H2,(H2,25,32)(H,26,27). The summed E-state index contributed by atoms with van der Waals surface area (Å²) in [5, 5.41) is 6.46. The number of fused-ring (bicyclic) bond motifs is 1. The molecule has 1 radical (unpaired) electrons. The number of nitrogens with two attached hydrogens (primary N) is 1. The molecule has 2 saturated heterocycles. The van der Waals surface area contributed by atoms with Crippen LogP contribution >= 0.6 is 0 Å². The molecule has 11 heteroatoms. The van der Waals surface area contributed by atoms with Crippen LogP contribution in [0.3, 0.4) is 0 Å². The molecule has 0 atom stereocenters. The molecule has 3 heterocycles. The molecule has 1 aromatic carbocycles. The number of nitrogens with zero attached hydrogens (tertiary/aromatic N) is 4. The number of urea groups is 1. The number of halogens is 3. The maximum absolute atomic E-state index is 13.4. The molecule has 0 unspecified atom stereocenters. The van der Waals surface area contributed by atoms with Crippen molar-refractivity contribution in [1.82, 2.24) is 24.9 Å². The van der Waals surface area contributed by atoms with Gasteiger partial charge in [0.25, 0.3) is 0 Å². The Morgan fingerprint density at radius 3 is 2.41 bits per heavy atom. The highest BCUT2D eigenvalue weighted by molar-refractivity contribution is 5.86. The molecule has 8 nitrogen and oxygen atoms in total. The second-order valence-corrected chi connectivity index (χ2v) is 8.30. The topological polar surface area (TPSA) is 98.6 Å². The van der Waals surface area contributed by atoms with Gasteiger partial charge in [-0.1, -0.05) is 0 Å². The number of rotatable bonds is 4. The molecular formula is C21H26F3N6O2. The number of piperidine rings is 1. The lowest BCUT2D eigenvalue weighted by molar-refractivity contribution is -0.136. The van der Waals surface area contributed by atoms with Crippen molar-refractivity contribution in [1.29, 1.82) is 0 Å². The van der Waals surface area contributed by atoms with Gasteiger partial charge in [0.05, 0.1) is 23.7 Å². The molecular weight excluding hydrogens is 425 g/mol. The predicted molar refractivity (Wildman–Crippen MR) is 111 cm³/mol. The number of alkyl halides is 3. The van der Waals surface area contributed by atoms with E-state index in [9.17, 15) is 22.8 Å². The molecule has 0 saturated carbocycles. The van der Waals surface area contributed by atoms with E-state index in [2.05, 4.69) is 15.1 Å². The molecule has 2 aliphatic rings. The third kappa shape index (κ3) is 4.82. The Morgan fingerprint density at radius 2 is 1.78 bits per heavy atom. The van der Waals surface area contributed by atoms with Crippen LogP contribution in [0, 0.1) is 6.42 Å². The zero-order chi connectivity index (χ0) is 22.9. The number of aromatic amines is 1. The zero-order valence-electron chi connectivity index (χ0n) is 17.6. The number of H-pyrrole nitrogens is 1. The van der Waals surface area contributed by atoms with Gasteiger partial charge in [0.15, 0.2) is 0 Å². The van der Waals surface area contributed by atoms with Crippen LogP contribution in [0.1, 0.15) is 24.0 Å². The minimum atomic E-state index is -4.51. The van der Waals surface area contributed by atoms with Crippen LogP contribution in [0.15, 0.2) is 18.3 Å². The summed E-state index contributed by atoms with van der Waals surface area (Å²) in [7, 11) is 0. The quantitative estimate of drug-likeness (QED) is 0.743. The smallest absolute Gasteiger partial charge is 0.351 e. The van der Waals surface area contributed by atoms with Crippen LogP contribution in [-0.2, 0) is 17.4 Å². The van der Waals surface area contributed by atoms with E-state index in [1.165, 1.54) is 12.6 Å². The molecule has 4 rings (SSSR count). The van der Waals surface area contributed by atoms with Crippen LogP contribution in [0.4, 0.5) is 18.0 Å². The van der Waals surface area contributed by atoms with E-state index in [0.29, 0.717) is 43.2 Å². The third-order valence-corrected chi connectivity index (χ3v) is 6.34. The number of benzene rings is 1. The van der Waals surface area contributed by atoms with Crippen molar-refractivity contribution in [2.45, 2.75) is 31.5 Å². The highest BCUT2D eigenvalue weighted by Gasteiger charge is 2.34. The second-order valence-electron chi connectivity index (χ2n) is 8.30. The second kappa shape index (κ2) is 8.97. The van der Waals surface area contributed by atoms with Crippen molar-refractivity contribution in [3.05, 3.63) is 35.9 Å². The fourth-order valence-corrected chi connectivity index (χ4v) is 4.55. The molecule has 3 N–H and O–H groups in total. The normalized spacial score (nSPS) is 19.0. The number of hydrogen-bond donors (Lipinski definition) is 2. The molecule has 0 bridgehead atoms. The number of hydrogen-bond acceptors (Lipinski definition) is 4. The summed E-state index contributed by atoms with van der Waals surface area (Å²) in [4.78, 5) is 29.6. The lowest BCUT2D eigenvalue weighted by Crippen LogP contribution is -2.55. The van der Waals surface area contributed by atoms with Gasteiger partial charge in [-0.3, -0.25) is 14.8 Å². The summed E-state index contributed by atoms with van der Waals surface area (Å²) in [5.41, 5.74) is 4.92. The minimum Gasteiger partial charge on any atom is -0.351 e. The largest absolute Gasteiger partial charge is 0.418 e. The molecule has 32 heavy (non-hydrogen) atoms. The molecule has 0 spiro atoms. The van der Waals surface area contributed by atoms with Gasteiger partial charge < -0.3 is 15.5 Å². The average Bonchev–Trinajstić information content (AvgIpc) is 3.25. The van der Waals surface area contributed by atoms with Gasteiger partial charge in [-0.15, -0.1) is 0 Å². The van der Waals surface area contributed by atoms with Crippen LogP contribution in [0.2, 0.25) is 0 Å². The van der Waals surface area contributed by atoms with Crippen LogP contribution in [0.5, 0.6) is 0 Å². The van der Waals surface area contributed by atoms with E-state index >= 15 is 0 Å². The third-order valence-electron chi connectivity index (χ3n) is 6.34. The molecule has 1 aromatic heterocycles. The Labute approximate surface area is 183 Å². The van der Waals surface area contributed by atoms with Crippen molar-refractivity contribution in [3.8, 4) is 0 Å². The van der Waals surface area contributed by atoms with Crippen LogP contribution in [0.25, 0.3) is 10.9 Å². The van der Waals surface area contributed by atoms with Crippen LogP contribution < -0.4 is 5.73 Å². The number of carbonyl (C=O) groups excluding carboxylic acids is 2. The maximum atomic E-state index is 13.4. The molecule has 3 amide bonds. The first-order valence-corrected chi connectivity index (χ1v) is 10.7. The Balaban J connectivity index is 1.29. The first-order valence-electron chi connectivity index (χ1n) is 10.7. The Morgan fingerprint density at radius 1 is 1.09 bits per heavy atom. The lowest BCUT2D eigenvalue weighted by atomic mass is 10.0. The number of carbonyl (C=O) groups is 2. The molecule has 2 fully saturated rings. The molecule has 173 valence electrons. The number of piperazine rings is 1. The van der Waals surface area contributed by atoms with Gasteiger partial charge in [-0.2, -0.15) is 18.3 Å². The molecule has 2 aliphatic heterocycles. The van der Waals surface area contributed by atoms with Crippen molar-refractivity contribution in [3.63, 3.8) is 0 Å². The summed E-state index contributed by atoms with van der Waals surface area (Å²) in [5.74, 6) is -0.172. The first kappa shape index (κ1) is 22.4.